The number of ether oxygens (including phenoxy) is 1. The molecule has 2 heterocycles. The Morgan fingerprint density at radius 3 is 2.66 bits per heavy atom. The minimum Gasteiger partial charge on any atom is -0.376 e. The third kappa shape index (κ3) is 5.26. The van der Waals surface area contributed by atoms with E-state index in [2.05, 4.69) is 16.0 Å². The van der Waals surface area contributed by atoms with Crippen LogP contribution in [0.2, 0.25) is 0 Å². The molecule has 1 fully saturated rings. The summed E-state index contributed by atoms with van der Waals surface area (Å²) in [6.45, 7) is 3.11. The molecule has 0 aliphatic carbocycles. The summed E-state index contributed by atoms with van der Waals surface area (Å²) in [5.74, 6) is -0.818. The summed E-state index contributed by atoms with van der Waals surface area (Å²) in [6, 6.07) is 13.9. The topological polar surface area (TPSA) is 99.8 Å². The van der Waals surface area contributed by atoms with Gasteiger partial charge in [0.05, 0.1) is 30.4 Å². The molecule has 0 saturated carbocycles. The molecular weight excluding hydrogens is 408 g/mol. The summed E-state index contributed by atoms with van der Waals surface area (Å²) in [5.41, 5.74) is 3.09. The van der Waals surface area contributed by atoms with Crippen molar-refractivity contribution in [3.63, 3.8) is 0 Å². The van der Waals surface area contributed by atoms with Gasteiger partial charge in [0.1, 0.15) is 6.04 Å². The monoisotopic (exact) mass is 436 g/mol. The fourth-order valence-electron chi connectivity index (χ4n) is 4.02. The molecule has 0 spiro atoms. The van der Waals surface area contributed by atoms with Gasteiger partial charge in [0.25, 0.3) is 0 Å². The minimum absolute atomic E-state index is 0.0281. The number of carbonyl (C=O) groups excluding carboxylic acids is 3. The van der Waals surface area contributed by atoms with Crippen molar-refractivity contribution in [2.45, 2.75) is 38.3 Å². The zero-order valence-electron chi connectivity index (χ0n) is 18.1. The molecule has 3 amide bonds. The first-order valence-electron chi connectivity index (χ1n) is 10.9. The van der Waals surface area contributed by atoms with Crippen molar-refractivity contribution in [3.05, 3.63) is 54.1 Å². The molecule has 2 aliphatic heterocycles. The number of carbonyl (C=O) groups is 3. The smallest absolute Gasteiger partial charge is 0.247 e. The largest absolute Gasteiger partial charge is 0.376 e. The highest BCUT2D eigenvalue weighted by atomic mass is 16.5. The molecule has 0 aromatic heterocycles. The molecule has 168 valence electrons. The molecule has 32 heavy (non-hydrogen) atoms. The van der Waals surface area contributed by atoms with Gasteiger partial charge in [0, 0.05) is 18.8 Å². The van der Waals surface area contributed by atoms with Crippen LogP contribution in [0.4, 0.5) is 17.1 Å². The van der Waals surface area contributed by atoms with Gasteiger partial charge in [0.2, 0.25) is 17.7 Å². The van der Waals surface area contributed by atoms with Gasteiger partial charge in [-0.3, -0.25) is 14.4 Å². The van der Waals surface area contributed by atoms with Crippen LogP contribution in [0.25, 0.3) is 0 Å². The van der Waals surface area contributed by atoms with Gasteiger partial charge >= 0.3 is 0 Å². The van der Waals surface area contributed by atoms with Crippen LogP contribution >= 0.6 is 0 Å². The Morgan fingerprint density at radius 1 is 1.12 bits per heavy atom. The van der Waals surface area contributed by atoms with Gasteiger partial charge in [-0.1, -0.05) is 29.8 Å². The second-order valence-corrected chi connectivity index (χ2v) is 8.21. The lowest BCUT2D eigenvalue weighted by atomic mass is 10.0. The van der Waals surface area contributed by atoms with Crippen LogP contribution in [0.5, 0.6) is 0 Å². The Labute approximate surface area is 187 Å². The summed E-state index contributed by atoms with van der Waals surface area (Å²) in [7, 11) is 0. The van der Waals surface area contributed by atoms with E-state index in [4.69, 9.17) is 4.74 Å². The summed E-state index contributed by atoms with van der Waals surface area (Å²) in [4.78, 5) is 40.0. The van der Waals surface area contributed by atoms with Crippen LogP contribution in [0.1, 0.15) is 24.8 Å². The minimum atomic E-state index is -0.802. The van der Waals surface area contributed by atoms with Gasteiger partial charge in [0.15, 0.2) is 0 Å². The number of benzene rings is 2. The third-order valence-electron chi connectivity index (χ3n) is 5.73. The molecule has 8 heteroatoms. The summed E-state index contributed by atoms with van der Waals surface area (Å²) in [5, 5.41) is 8.59. The highest BCUT2D eigenvalue weighted by Crippen LogP contribution is 2.32. The van der Waals surface area contributed by atoms with Crippen molar-refractivity contribution in [1.82, 2.24) is 5.32 Å². The van der Waals surface area contributed by atoms with E-state index in [1.807, 2.05) is 49.4 Å². The standard InChI is InChI=1S/C24H28N4O4/c1-16-8-10-17(11-9-16)26-22(29)13-21-24(31)27-19-6-2-3-7-20(19)28(21)15-23(30)25-14-18-5-4-12-32-18/h2-3,6-11,18,21H,4-5,12-15H2,1H3,(H,25,30)(H,26,29)(H,27,31). The van der Waals surface area contributed by atoms with E-state index < -0.39 is 6.04 Å². The number of nitrogens with zero attached hydrogens (tertiary/aromatic N) is 1. The first kappa shape index (κ1) is 21.8. The predicted octanol–water partition coefficient (Wildman–Crippen LogP) is 2.45. The average Bonchev–Trinajstić information content (AvgIpc) is 3.30. The van der Waals surface area contributed by atoms with Crippen LogP contribution in [0.15, 0.2) is 48.5 Å². The Hall–Kier alpha value is -3.39. The van der Waals surface area contributed by atoms with Crippen molar-refractivity contribution in [2.24, 2.45) is 0 Å². The highest BCUT2D eigenvalue weighted by molar-refractivity contribution is 6.07. The molecule has 0 radical (unpaired) electrons. The van der Waals surface area contributed by atoms with Crippen molar-refractivity contribution >= 4 is 34.8 Å². The SMILES string of the molecule is Cc1ccc(NC(=O)CC2C(=O)Nc3ccccc3N2CC(=O)NCC2CCCO2)cc1. The van der Waals surface area contributed by atoms with Gasteiger partial charge in [-0.25, -0.2) is 0 Å². The maximum absolute atomic E-state index is 12.9. The van der Waals surface area contributed by atoms with E-state index in [-0.39, 0.29) is 36.8 Å². The number of anilines is 3. The Balaban J connectivity index is 1.46. The lowest BCUT2D eigenvalue weighted by Gasteiger charge is -2.37. The zero-order valence-corrected chi connectivity index (χ0v) is 18.1. The van der Waals surface area contributed by atoms with Crippen LogP contribution in [-0.2, 0) is 19.1 Å². The van der Waals surface area contributed by atoms with Crippen LogP contribution in [-0.4, -0.2) is 49.6 Å². The zero-order chi connectivity index (χ0) is 22.5. The molecule has 1 saturated heterocycles. The summed E-state index contributed by atoms with van der Waals surface area (Å²) in [6.07, 6.45) is 1.88. The number of fused-ring (bicyclic) bond motifs is 1. The Bertz CT molecular complexity index is 986. The number of para-hydroxylation sites is 2. The summed E-state index contributed by atoms with van der Waals surface area (Å²) >= 11 is 0. The van der Waals surface area contributed by atoms with Crippen molar-refractivity contribution in [2.75, 3.05) is 35.2 Å². The van der Waals surface area contributed by atoms with E-state index in [0.29, 0.717) is 23.6 Å². The van der Waals surface area contributed by atoms with Crippen LogP contribution in [0.3, 0.4) is 0 Å². The van der Waals surface area contributed by atoms with Crippen LogP contribution in [0, 0.1) is 6.92 Å². The maximum Gasteiger partial charge on any atom is 0.247 e. The number of amides is 3. The molecular formula is C24H28N4O4. The molecule has 2 atom stereocenters. The van der Waals surface area contributed by atoms with E-state index in [1.54, 1.807) is 11.0 Å². The molecule has 2 aliphatic rings. The van der Waals surface area contributed by atoms with Crippen molar-refractivity contribution in [3.8, 4) is 0 Å². The van der Waals surface area contributed by atoms with Gasteiger partial charge in [-0.05, 0) is 44.0 Å². The maximum atomic E-state index is 12.9. The molecule has 2 aromatic carbocycles. The number of hydrogen-bond donors (Lipinski definition) is 3. The third-order valence-corrected chi connectivity index (χ3v) is 5.73. The van der Waals surface area contributed by atoms with Crippen LogP contribution < -0.4 is 20.9 Å². The quantitative estimate of drug-likeness (QED) is 0.619. The number of hydrogen-bond acceptors (Lipinski definition) is 5. The van der Waals surface area contributed by atoms with E-state index in [0.717, 1.165) is 25.0 Å². The van der Waals surface area contributed by atoms with Gasteiger partial charge < -0.3 is 25.6 Å². The molecule has 2 aromatic rings. The lowest BCUT2D eigenvalue weighted by Crippen LogP contribution is -2.53. The Kier molecular flexibility index (Phi) is 6.70. The average molecular weight is 437 g/mol. The van der Waals surface area contributed by atoms with Crippen molar-refractivity contribution in [1.29, 1.82) is 0 Å². The summed E-state index contributed by atoms with van der Waals surface area (Å²) < 4.78 is 5.56. The van der Waals surface area contributed by atoms with E-state index >= 15 is 0 Å². The van der Waals surface area contributed by atoms with Gasteiger partial charge in [-0.15, -0.1) is 0 Å². The normalized spacial score (nSPS) is 19.8. The fourth-order valence-corrected chi connectivity index (χ4v) is 4.02. The van der Waals surface area contributed by atoms with E-state index in [1.165, 1.54) is 0 Å². The first-order valence-corrected chi connectivity index (χ1v) is 10.9. The molecule has 2 unspecified atom stereocenters. The number of nitrogens with one attached hydrogen (secondary N) is 3. The molecule has 4 rings (SSSR count). The second kappa shape index (κ2) is 9.82. The molecule has 3 N–H and O–H groups in total. The van der Waals surface area contributed by atoms with Gasteiger partial charge in [-0.2, -0.15) is 0 Å². The van der Waals surface area contributed by atoms with E-state index in [9.17, 15) is 14.4 Å². The number of rotatable bonds is 7. The molecule has 0 bridgehead atoms. The number of aryl methyl sites for hydroxylation is 1. The first-order chi connectivity index (χ1) is 15.5. The lowest BCUT2D eigenvalue weighted by molar-refractivity contribution is -0.123. The highest BCUT2D eigenvalue weighted by Gasteiger charge is 2.35. The van der Waals surface area contributed by atoms with Crippen molar-refractivity contribution < 1.29 is 19.1 Å². The second-order valence-electron chi connectivity index (χ2n) is 8.21. The molecule has 8 nitrogen and oxygen atoms in total. The fraction of sp³-hybridized carbons (Fsp3) is 0.375. The Morgan fingerprint density at radius 2 is 1.91 bits per heavy atom. The predicted molar refractivity (Wildman–Crippen MR) is 123 cm³/mol.